The Morgan fingerprint density at radius 1 is 1.20 bits per heavy atom. The van der Waals surface area contributed by atoms with Gasteiger partial charge in [-0.05, 0) is 37.6 Å². The highest BCUT2D eigenvalue weighted by molar-refractivity contribution is 7.99. The van der Waals surface area contributed by atoms with E-state index in [1.807, 2.05) is 0 Å². The van der Waals surface area contributed by atoms with E-state index in [-0.39, 0.29) is 34.0 Å². The zero-order valence-electron chi connectivity index (χ0n) is 16.7. The van der Waals surface area contributed by atoms with Crippen molar-refractivity contribution in [3.8, 4) is 5.75 Å². The molecule has 0 atom stereocenters. The van der Waals surface area contributed by atoms with Crippen LogP contribution in [0.3, 0.4) is 0 Å². The molecule has 0 saturated heterocycles. The van der Waals surface area contributed by atoms with Crippen LogP contribution in [-0.2, 0) is 20.6 Å². The first kappa shape index (κ1) is 23.6. The number of amides is 1. The van der Waals surface area contributed by atoms with Gasteiger partial charge in [0.2, 0.25) is 15.9 Å². The van der Waals surface area contributed by atoms with Gasteiger partial charge in [-0.25, -0.2) is 13.1 Å². The van der Waals surface area contributed by atoms with E-state index in [2.05, 4.69) is 10.0 Å². The summed E-state index contributed by atoms with van der Waals surface area (Å²) >= 11 is 1.33. The van der Waals surface area contributed by atoms with Gasteiger partial charge in [-0.3, -0.25) is 14.9 Å². The molecule has 2 aromatic carbocycles. The Kier molecular flexibility index (Phi) is 8.21. The summed E-state index contributed by atoms with van der Waals surface area (Å²) in [5, 5.41) is 13.3. The molecular weight excluding hydrogens is 430 g/mol. The number of carbonyl (C=O) groups is 1. The summed E-state index contributed by atoms with van der Waals surface area (Å²) in [4.78, 5) is 22.5. The molecule has 1 amide bonds. The number of methoxy groups -OCH3 is 1. The first-order valence-electron chi connectivity index (χ1n) is 8.93. The van der Waals surface area contributed by atoms with Crippen molar-refractivity contribution in [3.05, 3.63) is 58.1 Å². The van der Waals surface area contributed by atoms with Crippen LogP contribution in [0.1, 0.15) is 19.4 Å². The van der Waals surface area contributed by atoms with Crippen molar-refractivity contribution < 1.29 is 22.9 Å². The minimum atomic E-state index is -3.72. The van der Waals surface area contributed by atoms with Gasteiger partial charge in [-0.1, -0.05) is 12.1 Å². The van der Waals surface area contributed by atoms with Crippen LogP contribution in [0.4, 0.5) is 11.4 Å². The molecule has 0 radical (unpaired) electrons. The maximum atomic E-state index is 12.4. The number of hydrogen-bond donors (Lipinski definition) is 2. The minimum Gasteiger partial charge on any atom is -0.495 e. The smallest absolute Gasteiger partial charge is 0.269 e. The zero-order valence-corrected chi connectivity index (χ0v) is 18.4. The van der Waals surface area contributed by atoms with Crippen molar-refractivity contribution >= 4 is 39.1 Å². The molecule has 9 nitrogen and oxygen atoms in total. The van der Waals surface area contributed by atoms with Crippen LogP contribution in [0.5, 0.6) is 5.75 Å². The first-order chi connectivity index (χ1) is 14.1. The van der Waals surface area contributed by atoms with Crippen LogP contribution in [0.25, 0.3) is 0 Å². The van der Waals surface area contributed by atoms with Gasteiger partial charge in [0.1, 0.15) is 5.75 Å². The molecule has 0 heterocycles. The second-order valence-electron chi connectivity index (χ2n) is 6.60. The molecule has 0 aliphatic rings. The second-order valence-corrected chi connectivity index (χ2v) is 9.30. The van der Waals surface area contributed by atoms with Gasteiger partial charge in [0.15, 0.2) is 0 Å². The third-order valence-corrected chi connectivity index (χ3v) is 6.46. The van der Waals surface area contributed by atoms with E-state index in [4.69, 9.17) is 4.74 Å². The average Bonchev–Trinajstić information content (AvgIpc) is 2.67. The number of thioether (sulfide) groups is 1. The molecule has 30 heavy (non-hydrogen) atoms. The van der Waals surface area contributed by atoms with Gasteiger partial charge in [0.05, 0.1) is 28.4 Å². The van der Waals surface area contributed by atoms with Crippen LogP contribution in [0, 0.1) is 10.1 Å². The predicted octanol–water partition coefficient (Wildman–Crippen LogP) is 3.16. The van der Waals surface area contributed by atoms with Gasteiger partial charge < -0.3 is 10.1 Å². The van der Waals surface area contributed by atoms with Gasteiger partial charge in [-0.2, -0.15) is 0 Å². The third-order valence-electron chi connectivity index (χ3n) is 3.80. The van der Waals surface area contributed by atoms with Crippen LogP contribution in [0.2, 0.25) is 0 Å². The van der Waals surface area contributed by atoms with Crippen LogP contribution < -0.4 is 14.8 Å². The lowest BCUT2D eigenvalue weighted by molar-refractivity contribution is -0.384. The summed E-state index contributed by atoms with van der Waals surface area (Å²) in [5.41, 5.74) is 1.12. The number of sulfonamides is 1. The molecule has 2 N–H and O–H groups in total. The summed E-state index contributed by atoms with van der Waals surface area (Å²) in [5.74, 6) is 0.621. The van der Waals surface area contributed by atoms with Crippen LogP contribution in [-0.4, -0.2) is 38.2 Å². The number of benzene rings is 2. The summed E-state index contributed by atoms with van der Waals surface area (Å²) in [7, 11) is -2.29. The summed E-state index contributed by atoms with van der Waals surface area (Å²) in [6, 6.07) is 10.1. The number of nitro benzene ring substituents is 1. The summed E-state index contributed by atoms with van der Waals surface area (Å²) in [6.07, 6.45) is 0. The number of nitro groups is 1. The summed E-state index contributed by atoms with van der Waals surface area (Å²) < 4.78 is 32.4. The predicted molar refractivity (Wildman–Crippen MR) is 116 cm³/mol. The number of anilines is 1. The van der Waals surface area contributed by atoms with E-state index in [0.29, 0.717) is 11.5 Å². The quantitative estimate of drug-likeness (QED) is 0.418. The van der Waals surface area contributed by atoms with E-state index in [1.54, 1.807) is 26.0 Å². The number of non-ortho nitro benzene ring substituents is 1. The van der Waals surface area contributed by atoms with Gasteiger partial charge in [0.25, 0.3) is 5.69 Å². The van der Waals surface area contributed by atoms with Crippen molar-refractivity contribution in [1.29, 1.82) is 0 Å². The fraction of sp³-hybridized carbons (Fsp3) is 0.316. The van der Waals surface area contributed by atoms with Crippen molar-refractivity contribution in [2.75, 3.05) is 18.2 Å². The topological polar surface area (TPSA) is 128 Å². The Labute approximate surface area is 179 Å². The lowest BCUT2D eigenvalue weighted by Gasteiger charge is -2.14. The standard InChI is InChI=1S/C19H23N3O6S2/c1-13(2)21-30(26,27)16-8-9-18(28-3)17(10-16)20-19(23)12-29-11-14-4-6-15(7-5-14)22(24)25/h4-10,13,21H,11-12H2,1-3H3,(H,20,23). The maximum Gasteiger partial charge on any atom is 0.269 e. The Morgan fingerprint density at radius 2 is 1.87 bits per heavy atom. The fourth-order valence-electron chi connectivity index (χ4n) is 2.49. The third kappa shape index (κ3) is 6.71. The highest BCUT2D eigenvalue weighted by atomic mass is 32.2. The number of rotatable bonds is 10. The number of nitrogens with zero attached hydrogens (tertiary/aromatic N) is 1. The number of carbonyl (C=O) groups excluding carboxylic acids is 1. The van der Waals surface area contributed by atoms with Crippen LogP contribution >= 0.6 is 11.8 Å². The fourth-order valence-corrected chi connectivity index (χ4v) is 4.56. The Morgan fingerprint density at radius 3 is 2.43 bits per heavy atom. The number of ether oxygens (including phenoxy) is 1. The molecule has 0 aliphatic heterocycles. The van der Waals surface area contributed by atoms with Crippen LogP contribution in [0.15, 0.2) is 47.4 Å². The van der Waals surface area contributed by atoms with Crippen molar-refractivity contribution in [3.63, 3.8) is 0 Å². The molecule has 2 rings (SSSR count). The first-order valence-corrected chi connectivity index (χ1v) is 11.6. The number of nitrogens with one attached hydrogen (secondary N) is 2. The van der Waals surface area contributed by atoms with Crippen molar-refractivity contribution in [2.45, 2.75) is 30.5 Å². The number of hydrogen-bond acceptors (Lipinski definition) is 7. The highest BCUT2D eigenvalue weighted by Gasteiger charge is 2.18. The molecule has 0 aromatic heterocycles. The lowest BCUT2D eigenvalue weighted by atomic mass is 10.2. The largest absolute Gasteiger partial charge is 0.495 e. The summed E-state index contributed by atoms with van der Waals surface area (Å²) in [6.45, 7) is 3.43. The normalized spacial score (nSPS) is 11.3. The van der Waals surface area contributed by atoms with E-state index < -0.39 is 14.9 Å². The van der Waals surface area contributed by atoms with E-state index in [1.165, 1.54) is 49.2 Å². The molecular formula is C19H23N3O6S2. The molecule has 0 unspecified atom stereocenters. The monoisotopic (exact) mass is 453 g/mol. The molecule has 11 heteroatoms. The molecule has 0 bridgehead atoms. The highest BCUT2D eigenvalue weighted by Crippen LogP contribution is 2.28. The molecule has 0 fully saturated rings. The molecule has 0 aliphatic carbocycles. The van der Waals surface area contributed by atoms with E-state index in [9.17, 15) is 23.3 Å². The molecule has 0 spiro atoms. The van der Waals surface area contributed by atoms with Gasteiger partial charge >= 0.3 is 0 Å². The van der Waals surface area contributed by atoms with E-state index >= 15 is 0 Å². The average molecular weight is 454 g/mol. The van der Waals surface area contributed by atoms with E-state index in [0.717, 1.165) is 5.56 Å². The molecule has 162 valence electrons. The Bertz CT molecular complexity index is 1010. The lowest BCUT2D eigenvalue weighted by Crippen LogP contribution is -2.30. The Hall–Kier alpha value is -2.63. The maximum absolute atomic E-state index is 12.4. The molecule has 2 aromatic rings. The SMILES string of the molecule is COc1ccc(S(=O)(=O)NC(C)C)cc1NC(=O)CSCc1ccc([N+](=O)[O-])cc1. The molecule has 0 saturated carbocycles. The Balaban J connectivity index is 2.01. The van der Waals surface area contributed by atoms with Crippen molar-refractivity contribution in [1.82, 2.24) is 4.72 Å². The zero-order chi connectivity index (χ0) is 22.3. The van der Waals surface area contributed by atoms with Crippen molar-refractivity contribution in [2.24, 2.45) is 0 Å². The second kappa shape index (κ2) is 10.4. The van der Waals surface area contributed by atoms with Gasteiger partial charge in [-0.15, -0.1) is 11.8 Å². The minimum absolute atomic E-state index is 0.00961. The van der Waals surface area contributed by atoms with Gasteiger partial charge in [0, 0.05) is 23.9 Å².